The molecule has 7 nitrogen and oxygen atoms in total. The monoisotopic (exact) mass is 512 g/mol. The Morgan fingerprint density at radius 1 is 0.974 bits per heavy atom. The van der Waals surface area contributed by atoms with Crippen LogP contribution in [0.3, 0.4) is 0 Å². The number of nitrogens with zero attached hydrogens (tertiary/aromatic N) is 4. The molecule has 38 heavy (non-hydrogen) atoms. The molecule has 2 aliphatic heterocycles. The zero-order chi connectivity index (χ0) is 27.2. The van der Waals surface area contributed by atoms with Crippen molar-refractivity contribution < 1.29 is 14.4 Å². The molecule has 2 aromatic carbocycles. The number of imide groups is 1. The highest BCUT2D eigenvalue weighted by Crippen LogP contribution is 2.69. The van der Waals surface area contributed by atoms with Gasteiger partial charge in [-0.15, -0.1) is 0 Å². The molecule has 1 saturated carbocycles. The van der Waals surface area contributed by atoms with E-state index in [1.807, 2.05) is 18.2 Å². The van der Waals surface area contributed by atoms with Crippen LogP contribution >= 0.6 is 0 Å². The fourth-order valence-corrected chi connectivity index (χ4v) is 6.54. The van der Waals surface area contributed by atoms with Crippen LogP contribution in [-0.4, -0.2) is 52.7 Å². The molecule has 2 saturated heterocycles. The van der Waals surface area contributed by atoms with Gasteiger partial charge in [-0.2, -0.15) is 5.26 Å². The first-order valence-corrected chi connectivity index (χ1v) is 13.5. The molecular weight excluding hydrogens is 476 g/mol. The van der Waals surface area contributed by atoms with E-state index in [2.05, 4.69) is 50.8 Å². The summed E-state index contributed by atoms with van der Waals surface area (Å²) < 4.78 is 0. The second-order valence-electron chi connectivity index (χ2n) is 12.1. The minimum atomic E-state index is -0.802. The van der Waals surface area contributed by atoms with Gasteiger partial charge in [-0.25, -0.2) is 4.90 Å². The van der Waals surface area contributed by atoms with Crippen LogP contribution < -0.4 is 4.90 Å². The molecular formula is C31H36N4O3. The van der Waals surface area contributed by atoms with Gasteiger partial charge in [-0.05, 0) is 53.5 Å². The van der Waals surface area contributed by atoms with Gasteiger partial charge < -0.3 is 4.90 Å². The average Bonchev–Trinajstić information content (AvgIpc) is 3.14. The molecule has 3 amide bonds. The summed E-state index contributed by atoms with van der Waals surface area (Å²) in [6.45, 7) is 11.0. The highest BCUT2D eigenvalue weighted by molar-refractivity contribution is 6.23. The largest absolute Gasteiger partial charge is 0.327 e. The van der Waals surface area contributed by atoms with Crippen LogP contribution in [0.4, 0.5) is 5.69 Å². The Kier molecular flexibility index (Phi) is 6.65. The van der Waals surface area contributed by atoms with Crippen LogP contribution in [-0.2, 0) is 20.9 Å². The minimum Gasteiger partial charge on any atom is -0.327 e. The van der Waals surface area contributed by atoms with E-state index < -0.39 is 6.04 Å². The standard InChI is InChI=1S/C31H36N4O3/c1-30(2)27(31(30,3)4)29(38)34(24-14-16-33(17-15-24)20-22-8-6-5-7-9-22)25-18-26(36)35(28(25)37)23-12-10-21(19-32)11-13-23/h5-13,24-25,27H,14-18,20H2,1-4H3. The third-order valence-electron chi connectivity index (χ3n) is 9.43. The number of benzene rings is 2. The summed E-state index contributed by atoms with van der Waals surface area (Å²) in [5.41, 5.74) is 1.82. The summed E-state index contributed by atoms with van der Waals surface area (Å²) in [4.78, 5) is 46.5. The molecule has 3 fully saturated rings. The number of hydrogen-bond acceptors (Lipinski definition) is 5. The molecule has 0 bridgehead atoms. The minimum absolute atomic E-state index is 0.00524. The van der Waals surface area contributed by atoms with E-state index >= 15 is 0 Å². The van der Waals surface area contributed by atoms with Gasteiger partial charge in [0.2, 0.25) is 11.8 Å². The SMILES string of the molecule is CC1(C)C(C(=O)N(C2CCN(Cc3ccccc3)CC2)C2CC(=O)N(c3ccc(C#N)cc3)C2=O)C1(C)C. The van der Waals surface area contributed by atoms with Gasteiger partial charge in [0.1, 0.15) is 6.04 Å². The van der Waals surface area contributed by atoms with E-state index in [1.165, 1.54) is 10.5 Å². The maximum Gasteiger partial charge on any atom is 0.257 e. The Hall–Kier alpha value is -3.50. The maximum absolute atomic E-state index is 14.2. The topological polar surface area (TPSA) is 84.7 Å². The summed E-state index contributed by atoms with van der Waals surface area (Å²) in [5, 5.41) is 9.12. The van der Waals surface area contributed by atoms with Crippen molar-refractivity contribution in [1.29, 1.82) is 5.26 Å². The number of rotatable bonds is 6. The lowest BCUT2D eigenvalue weighted by Gasteiger charge is -2.41. The quantitative estimate of drug-likeness (QED) is 0.537. The summed E-state index contributed by atoms with van der Waals surface area (Å²) in [6.07, 6.45) is 1.52. The van der Waals surface area contributed by atoms with Crippen molar-refractivity contribution in [2.24, 2.45) is 16.7 Å². The molecule has 3 aliphatic rings. The van der Waals surface area contributed by atoms with Gasteiger partial charge >= 0.3 is 0 Å². The average molecular weight is 513 g/mol. The molecule has 0 spiro atoms. The van der Waals surface area contributed by atoms with Crippen LogP contribution in [0.5, 0.6) is 0 Å². The van der Waals surface area contributed by atoms with Gasteiger partial charge in [0.05, 0.1) is 23.7 Å². The first kappa shape index (κ1) is 26.1. The Morgan fingerprint density at radius 3 is 2.13 bits per heavy atom. The van der Waals surface area contributed by atoms with Gasteiger partial charge in [0.15, 0.2) is 0 Å². The summed E-state index contributed by atoms with van der Waals surface area (Å²) in [6, 6.07) is 18.0. The van der Waals surface area contributed by atoms with Crippen LogP contribution in [0.15, 0.2) is 54.6 Å². The van der Waals surface area contributed by atoms with Gasteiger partial charge in [0.25, 0.3) is 5.91 Å². The van der Waals surface area contributed by atoms with E-state index in [9.17, 15) is 14.4 Å². The molecule has 7 heteroatoms. The van der Waals surface area contributed by atoms with Gasteiger partial charge in [0, 0.05) is 31.6 Å². The molecule has 0 N–H and O–H groups in total. The number of nitriles is 1. The molecule has 5 rings (SSSR count). The number of hydrogen-bond donors (Lipinski definition) is 0. The fraction of sp³-hybridized carbons (Fsp3) is 0.484. The van der Waals surface area contributed by atoms with Crippen LogP contribution in [0, 0.1) is 28.1 Å². The normalized spacial score (nSPS) is 23.3. The van der Waals surface area contributed by atoms with Crippen molar-refractivity contribution in [2.45, 2.75) is 65.6 Å². The molecule has 198 valence electrons. The van der Waals surface area contributed by atoms with Crippen LogP contribution in [0.1, 0.15) is 58.1 Å². The lowest BCUT2D eigenvalue weighted by atomic mass is 9.97. The number of likely N-dealkylation sites (tertiary alicyclic amines) is 1. The van der Waals surface area contributed by atoms with Crippen molar-refractivity contribution >= 4 is 23.4 Å². The van der Waals surface area contributed by atoms with E-state index in [0.717, 1.165) is 32.5 Å². The summed E-state index contributed by atoms with van der Waals surface area (Å²) >= 11 is 0. The van der Waals surface area contributed by atoms with Crippen molar-refractivity contribution in [3.05, 3.63) is 65.7 Å². The third kappa shape index (κ3) is 4.41. The lowest BCUT2D eigenvalue weighted by molar-refractivity contribution is -0.144. The Bertz CT molecular complexity index is 1260. The van der Waals surface area contributed by atoms with Crippen LogP contribution in [0.25, 0.3) is 0 Å². The van der Waals surface area contributed by atoms with E-state index in [1.54, 1.807) is 29.2 Å². The van der Waals surface area contributed by atoms with Gasteiger partial charge in [-0.3, -0.25) is 19.3 Å². The zero-order valence-electron chi connectivity index (χ0n) is 22.7. The lowest BCUT2D eigenvalue weighted by Crippen LogP contribution is -2.55. The number of piperidine rings is 1. The van der Waals surface area contributed by atoms with E-state index in [-0.39, 0.29) is 46.9 Å². The molecule has 2 heterocycles. The fourth-order valence-electron chi connectivity index (χ4n) is 6.54. The third-order valence-corrected chi connectivity index (χ3v) is 9.43. The molecule has 1 atom stereocenters. The highest BCUT2D eigenvalue weighted by Gasteiger charge is 2.69. The molecule has 0 radical (unpaired) electrons. The van der Waals surface area contributed by atoms with Crippen LogP contribution in [0.2, 0.25) is 0 Å². The number of anilines is 1. The van der Waals surface area contributed by atoms with Gasteiger partial charge in [-0.1, -0.05) is 58.0 Å². The van der Waals surface area contributed by atoms with Crippen molar-refractivity contribution in [3.63, 3.8) is 0 Å². The Morgan fingerprint density at radius 2 is 1.58 bits per heavy atom. The highest BCUT2D eigenvalue weighted by atomic mass is 16.2. The van der Waals surface area contributed by atoms with Crippen molar-refractivity contribution in [3.8, 4) is 6.07 Å². The molecule has 2 aromatic rings. The smallest absolute Gasteiger partial charge is 0.257 e. The predicted molar refractivity (Wildman–Crippen MR) is 145 cm³/mol. The Balaban J connectivity index is 1.38. The predicted octanol–water partition coefficient (Wildman–Crippen LogP) is 4.37. The van der Waals surface area contributed by atoms with E-state index in [4.69, 9.17) is 5.26 Å². The molecule has 1 aliphatic carbocycles. The van der Waals surface area contributed by atoms with Crippen molar-refractivity contribution in [2.75, 3.05) is 18.0 Å². The molecule has 0 aromatic heterocycles. The summed E-state index contributed by atoms with van der Waals surface area (Å²) in [7, 11) is 0. The number of carbonyl (C=O) groups is 3. The first-order valence-electron chi connectivity index (χ1n) is 13.5. The number of amides is 3. The second-order valence-corrected chi connectivity index (χ2v) is 12.1. The zero-order valence-corrected chi connectivity index (χ0v) is 22.7. The summed E-state index contributed by atoms with van der Waals surface area (Å²) in [5.74, 6) is -0.854. The number of carbonyl (C=O) groups excluding carboxylic acids is 3. The Labute approximate surface area is 225 Å². The maximum atomic E-state index is 14.2. The molecule has 1 unspecified atom stereocenters. The second kappa shape index (κ2) is 9.67. The van der Waals surface area contributed by atoms with E-state index in [0.29, 0.717) is 11.3 Å². The van der Waals surface area contributed by atoms with Crippen molar-refractivity contribution in [1.82, 2.24) is 9.80 Å². The first-order chi connectivity index (χ1) is 18.1.